The highest BCUT2D eigenvalue weighted by molar-refractivity contribution is 14.0. The van der Waals surface area contributed by atoms with Crippen LogP contribution in [0.15, 0.2) is 40.9 Å². The summed E-state index contributed by atoms with van der Waals surface area (Å²) in [4.78, 5) is 6.79. The Morgan fingerprint density at radius 2 is 2.26 bits per heavy atom. The van der Waals surface area contributed by atoms with Crippen LogP contribution in [0.5, 0.6) is 5.75 Å². The lowest BCUT2D eigenvalue weighted by Crippen LogP contribution is -2.37. The first-order chi connectivity index (χ1) is 10.7. The lowest BCUT2D eigenvalue weighted by molar-refractivity contribution is 0.262. The van der Waals surface area contributed by atoms with Crippen LogP contribution in [0.4, 0.5) is 0 Å². The smallest absolute Gasteiger partial charge is 0.189 e. The number of benzene rings is 1. The lowest BCUT2D eigenvalue weighted by atomic mass is 10.0. The summed E-state index contributed by atoms with van der Waals surface area (Å²) in [6.45, 7) is 3.50. The molecule has 6 heteroatoms. The summed E-state index contributed by atoms with van der Waals surface area (Å²) < 4.78 is 5.67. The minimum absolute atomic E-state index is 0. The molecule has 23 heavy (non-hydrogen) atoms. The summed E-state index contributed by atoms with van der Waals surface area (Å²) in [6, 6.07) is 8.28. The van der Waals surface area contributed by atoms with Crippen molar-refractivity contribution < 1.29 is 4.74 Å². The van der Waals surface area contributed by atoms with E-state index in [1.165, 1.54) is 5.57 Å². The van der Waals surface area contributed by atoms with Crippen LogP contribution >= 0.6 is 24.0 Å². The van der Waals surface area contributed by atoms with Gasteiger partial charge in [0, 0.05) is 25.1 Å². The van der Waals surface area contributed by atoms with E-state index in [0.29, 0.717) is 19.1 Å². The quantitative estimate of drug-likeness (QED) is 0.336. The zero-order valence-corrected chi connectivity index (χ0v) is 15.8. The van der Waals surface area contributed by atoms with E-state index in [-0.39, 0.29) is 30.0 Å². The van der Waals surface area contributed by atoms with Gasteiger partial charge in [-0.05, 0) is 19.5 Å². The van der Waals surface area contributed by atoms with Gasteiger partial charge in [-0.2, -0.15) is 0 Å². The lowest BCUT2D eigenvalue weighted by Gasteiger charge is -2.27. The van der Waals surface area contributed by atoms with Crippen molar-refractivity contribution in [3.63, 3.8) is 0 Å². The van der Waals surface area contributed by atoms with Gasteiger partial charge in [0.15, 0.2) is 5.96 Å². The largest absolute Gasteiger partial charge is 0.493 e. The van der Waals surface area contributed by atoms with Gasteiger partial charge in [0.2, 0.25) is 0 Å². The highest BCUT2D eigenvalue weighted by Crippen LogP contribution is 2.31. The number of nitrogens with one attached hydrogen (secondary N) is 1. The van der Waals surface area contributed by atoms with Crippen LogP contribution in [0.25, 0.3) is 0 Å². The van der Waals surface area contributed by atoms with Crippen molar-refractivity contribution in [1.29, 1.82) is 0 Å². The number of fused-ring (bicyclic) bond motifs is 1. The van der Waals surface area contributed by atoms with E-state index in [2.05, 4.69) is 34.4 Å². The number of aliphatic imine (C=N–C) groups is 1. The van der Waals surface area contributed by atoms with E-state index in [9.17, 15) is 0 Å². The van der Waals surface area contributed by atoms with Gasteiger partial charge < -0.3 is 20.7 Å². The summed E-state index contributed by atoms with van der Waals surface area (Å²) in [6.07, 6.45) is 4.23. The van der Waals surface area contributed by atoms with Gasteiger partial charge in [-0.25, -0.2) is 4.99 Å². The van der Waals surface area contributed by atoms with E-state index >= 15 is 0 Å². The number of guanidine groups is 1. The molecule has 126 valence electrons. The molecule has 0 spiro atoms. The van der Waals surface area contributed by atoms with Crippen molar-refractivity contribution in [1.82, 2.24) is 10.2 Å². The van der Waals surface area contributed by atoms with Gasteiger partial charge in [0.25, 0.3) is 0 Å². The molecule has 1 aromatic rings. The van der Waals surface area contributed by atoms with Gasteiger partial charge in [-0.15, -0.1) is 24.0 Å². The SMILES string of the molecule is CN1CC=C(CN=C(N)NC2CCOc3ccccc32)CC1.I. The fourth-order valence-electron chi connectivity index (χ4n) is 2.86. The third-order valence-corrected chi connectivity index (χ3v) is 4.24. The maximum Gasteiger partial charge on any atom is 0.189 e. The maximum atomic E-state index is 6.07. The number of hydrogen-bond donors (Lipinski definition) is 2. The number of hydrogen-bond acceptors (Lipinski definition) is 3. The Labute approximate surface area is 155 Å². The molecule has 2 aliphatic heterocycles. The van der Waals surface area contributed by atoms with Crippen molar-refractivity contribution in [2.45, 2.75) is 18.9 Å². The van der Waals surface area contributed by atoms with E-state index in [0.717, 1.165) is 37.2 Å². The normalized spacial score (nSPS) is 21.5. The molecule has 0 radical (unpaired) electrons. The van der Waals surface area contributed by atoms with Crippen molar-refractivity contribution in [2.75, 3.05) is 33.3 Å². The van der Waals surface area contributed by atoms with Gasteiger partial charge in [-0.3, -0.25) is 0 Å². The van der Waals surface area contributed by atoms with Crippen LogP contribution < -0.4 is 15.8 Å². The number of halogens is 1. The Hall–Kier alpha value is -1.28. The number of nitrogens with zero attached hydrogens (tertiary/aromatic N) is 2. The molecule has 0 aromatic heterocycles. The molecule has 0 aliphatic carbocycles. The zero-order valence-electron chi connectivity index (χ0n) is 13.5. The number of ether oxygens (including phenoxy) is 1. The van der Waals surface area contributed by atoms with Crippen LogP contribution in [-0.2, 0) is 0 Å². The number of nitrogens with two attached hydrogens (primary N) is 1. The fraction of sp³-hybridized carbons (Fsp3) is 0.471. The third kappa shape index (κ3) is 4.84. The minimum atomic E-state index is 0. The summed E-state index contributed by atoms with van der Waals surface area (Å²) in [5, 5.41) is 3.33. The van der Waals surface area contributed by atoms with E-state index in [1.54, 1.807) is 0 Å². The van der Waals surface area contributed by atoms with Crippen LogP contribution in [0.1, 0.15) is 24.4 Å². The van der Waals surface area contributed by atoms with Crippen LogP contribution in [0.2, 0.25) is 0 Å². The number of rotatable bonds is 3. The third-order valence-electron chi connectivity index (χ3n) is 4.24. The minimum Gasteiger partial charge on any atom is -0.493 e. The van der Waals surface area contributed by atoms with Gasteiger partial charge in [0.1, 0.15) is 5.75 Å². The molecule has 0 fully saturated rings. The molecule has 2 heterocycles. The molecule has 0 saturated carbocycles. The Balaban J connectivity index is 0.00000192. The second-order valence-corrected chi connectivity index (χ2v) is 5.95. The predicted molar refractivity (Wildman–Crippen MR) is 105 cm³/mol. The molecule has 1 atom stereocenters. The summed E-state index contributed by atoms with van der Waals surface area (Å²) in [5.41, 5.74) is 8.59. The Kier molecular flexibility index (Phi) is 6.71. The van der Waals surface area contributed by atoms with E-state index in [4.69, 9.17) is 10.5 Å². The van der Waals surface area contributed by atoms with Gasteiger partial charge in [-0.1, -0.05) is 29.8 Å². The molecule has 5 nitrogen and oxygen atoms in total. The van der Waals surface area contributed by atoms with Crippen LogP contribution in [0, 0.1) is 0 Å². The standard InChI is InChI=1S/C17H24N4O.HI/c1-21-9-6-13(7-10-21)12-19-17(18)20-15-8-11-22-16-5-3-2-4-14(15)16;/h2-6,15H,7-12H2,1H3,(H3,18,19,20);1H. The Morgan fingerprint density at radius 1 is 1.43 bits per heavy atom. The zero-order chi connectivity index (χ0) is 15.4. The molecule has 3 N–H and O–H groups in total. The Bertz CT molecular complexity index is 588. The van der Waals surface area contributed by atoms with Crippen molar-refractivity contribution in [3.05, 3.63) is 41.5 Å². The number of para-hydroxylation sites is 1. The maximum absolute atomic E-state index is 6.07. The molecule has 2 aliphatic rings. The van der Waals surface area contributed by atoms with Crippen LogP contribution in [0.3, 0.4) is 0 Å². The average molecular weight is 428 g/mol. The molecule has 0 bridgehead atoms. The van der Waals surface area contributed by atoms with Crippen LogP contribution in [-0.4, -0.2) is 44.1 Å². The van der Waals surface area contributed by atoms with Gasteiger partial charge >= 0.3 is 0 Å². The first-order valence-electron chi connectivity index (χ1n) is 7.87. The van der Waals surface area contributed by atoms with E-state index < -0.39 is 0 Å². The Morgan fingerprint density at radius 3 is 3.04 bits per heavy atom. The van der Waals surface area contributed by atoms with Crippen molar-refractivity contribution in [2.24, 2.45) is 10.7 Å². The van der Waals surface area contributed by atoms with Crippen molar-refractivity contribution in [3.8, 4) is 5.75 Å². The molecule has 0 amide bonds. The molecule has 3 rings (SSSR count). The molecule has 1 unspecified atom stereocenters. The molecule has 1 aromatic carbocycles. The second kappa shape index (κ2) is 8.54. The first-order valence-corrected chi connectivity index (χ1v) is 7.87. The van der Waals surface area contributed by atoms with Crippen molar-refractivity contribution >= 4 is 29.9 Å². The fourth-order valence-corrected chi connectivity index (χ4v) is 2.86. The number of likely N-dealkylation sites (N-methyl/N-ethyl adjacent to an activating group) is 1. The van der Waals surface area contributed by atoms with Gasteiger partial charge in [0.05, 0.1) is 19.2 Å². The molecular weight excluding hydrogens is 403 g/mol. The summed E-state index contributed by atoms with van der Waals surface area (Å²) >= 11 is 0. The summed E-state index contributed by atoms with van der Waals surface area (Å²) in [7, 11) is 2.13. The summed E-state index contributed by atoms with van der Waals surface area (Å²) in [5.74, 6) is 1.46. The topological polar surface area (TPSA) is 62.9 Å². The highest BCUT2D eigenvalue weighted by atomic mass is 127. The molecule has 0 saturated heterocycles. The monoisotopic (exact) mass is 428 g/mol. The first kappa shape index (κ1) is 18.1. The second-order valence-electron chi connectivity index (χ2n) is 5.95. The predicted octanol–water partition coefficient (Wildman–Crippen LogP) is 2.29. The highest BCUT2D eigenvalue weighted by Gasteiger charge is 2.21. The average Bonchev–Trinajstić information content (AvgIpc) is 2.55. The van der Waals surface area contributed by atoms with E-state index in [1.807, 2.05) is 18.2 Å². The molecular formula is C17H25IN4O.